The summed E-state index contributed by atoms with van der Waals surface area (Å²) in [6.45, 7) is 11.2. The van der Waals surface area contributed by atoms with Crippen LogP contribution in [0.25, 0.3) is 0 Å². The van der Waals surface area contributed by atoms with Gasteiger partial charge in [-0.25, -0.2) is 23.9 Å². The van der Waals surface area contributed by atoms with Crippen molar-refractivity contribution in [2.24, 2.45) is 11.1 Å². The Balaban J connectivity index is 0.000000184. The number of aromatic amines is 1. The lowest BCUT2D eigenvalue weighted by atomic mass is 9.81. The number of hydrogen-bond donors (Lipinski definition) is 3. The van der Waals surface area contributed by atoms with Gasteiger partial charge in [-0.3, -0.25) is 4.90 Å². The van der Waals surface area contributed by atoms with E-state index in [9.17, 15) is 14.7 Å². The molecule has 0 amide bonds. The lowest BCUT2D eigenvalue weighted by Gasteiger charge is -2.49. The molecule has 3 aliphatic heterocycles. The summed E-state index contributed by atoms with van der Waals surface area (Å²) in [5, 5.41) is 20.5. The van der Waals surface area contributed by atoms with Crippen LogP contribution in [0, 0.1) is 5.92 Å². The predicted molar refractivity (Wildman–Crippen MR) is 154 cm³/mol. The first kappa shape index (κ1) is 29.5. The van der Waals surface area contributed by atoms with Gasteiger partial charge in [0.1, 0.15) is 18.3 Å². The van der Waals surface area contributed by atoms with Crippen molar-refractivity contribution in [1.82, 2.24) is 24.6 Å². The normalized spacial score (nSPS) is 36.2. The molecule has 0 spiro atoms. The molecule has 8 unspecified atom stereocenters. The molecule has 2 saturated carbocycles. The number of rotatable bonds is 6. The number of oxime groups is 1. The van der Waals surface area contributed by atoms with E-state index < -0.39 is 0 Å². The minimum atomic E-state index is -0.324. The molecule has 1 aromatic rings. The number of nitrogens with zero attached hydrogens (tertiary/aromatic N) is 4. The van der Waals surface area contributed by atoms with E-state index in [1.807, 2.05) is 6.92 Å². The maximum atomic E-state index is 11.8. The van der Waals surface area contributed by atoms with E-state index in [4.69, 9.17) is 9.57 Å². The van der Waals surface area contributed by atoms with Gasteiger partial charge < -0.3 is 20.0 Å². The van der Waals surface area contributed by atoms with Crippen molar-refractivity contribution in [3.8, 4) is 0 Å². The zero-order valence-corrected chi connectivity index (χ0v) is 24.8. The van der Waals surface area contributed by atoms with E-state index in [2.05, 4.69) is 41.2 Å². The van der Waals surface area contributed by atoms with Crippen LogP contribution in [-0.2, 0) is 16.1 Å². The highest BCUT2D eigenvalue weighted by Crippen LogP contribution is 2.35. The second-order valence-electron chi connectivity index (χ2n) is 12.7. The Morgan fingerprint density at radius 1 is 1.12 bits per heavy atom. The van der Waals surface area contributed by atoms with Crippen molar-refractivity contribution >= 4 is 5.71 Å². The van der Waals surface area contributed by atoms with Crippen LogP contribution in [0.2, 0.25) is 0 Å². The molecule has 6 rings (SSSR count). The van der Waals surface area contributed by atoms with Crippen LogP contribution in [0.1, 0.15) is 97.9 Å². The molecule has 11 heteroatoms. The minimum Gasteiger partial charge on any atom is -0.391 e. The third kappa shape index (κ3) is 6.58. The molecule has 8 atom stereocenters. The summed E-state index contributed by atoms with van der Waals surface area (Å²) in [5.74, 6) is 0.718. The van der Waals surface area contributed by atoms with Gasteiger partial charge in [-0.2, -0.15) is 0 Å². The predicted octanol–water partition coefficient (Wildman–Crippen LogP) is 2.38. The van der Waals surface area contributed by atoms with Gasteiger partial charge in [-0.15, -0.1) is 0 Å². The van der Waals surface area contributed by atoms with Crippen molar-refractivity contribution in [2.45, 2.75) is 147 Å². The van der Waals surface area contributed by atoms with Crippen molar-refractivity contribution < 1.29 is 14.7 Å². The summed E-state index contributed by atoms with van der Waals surface area (Å²) in [6.07, 6.45) is 10.4. The molecule has 3 saturated heterocycles. The number of aromatic nitrogens is 3. The van der Waals surface area contributed by atoms with Crippen molar-refractivity contribution in [3.05, 3.63) is 21.0 Å². The number of ether oxygens (including phenoxy) is 1. The fourth-order valence-corrected chi connectivity index (χ4v) is 7.16. The zero-order chi connectivity index (χ0) is 28.4. The maximum Gasteiger partial charge on any atom is 0.347 e. The highest BCUT2D eigenvalue weighted by Gasteiger charge is 2.51. The molecule has 0 aromatic carbocycles. The number of nitrogens with one attached hydrogen (secondary N) is 2. The van der Waals surface area contributed by atoms with Gasteiger partial charge in [0.05, 0.1) is 11.8 Å². The highest BCUT2D eigenvalue weighted by atomic mass is 16.6. The first-order valence-electron chi connectivity index (χ1n) is 15.7. The van der Waals surface area contributed by atoms with Crippen molar-refractivity contribution in [1.29, 1.82) is 0 Å². The molecule has 3 N–H and O–H groups in total. The summed E-state index contributed by atoms with van der Waals surface area (Å²) >= 11 is 0. The first-order chi connectivity index (χ1) is 19.3. The molecule has 11 nitrogen and oxygen atoms in total. The molecular weight excluding hydrogens is 512 g/mol. The zero-order valence-electron chi connectivity index (χ0n) is 24.8. The molecule has 226 valence electrons. The smallest absolute Gasteiger partial charge is 0.347 e. The highest BCUT2D eigenvalue weighted by molar-refractivity contribution is 5.92. The quantitative estimate of drug-likeness (QED) is 0.359. The summed E-state index contributed by atoms with van der Waals surface area (Å²) in [4.78, 5) is 31.8. The van der Waals surface area contributed by atoms with Crippen LogP contribution >= 0.6 is 0 Å². The number of H-pyrrole nitrogens is 1. The average Bonchev–Trinajstić information content (AvgIpc) is 3.70. The number of epoxide rings is 1. The number of likely N-dealkylation sites (tertiary alicyclic amines) is 1. The number of aliphatic hydroxyl groups excluding tert-OH is 1. The van der Waals surface area contributed by atoms with Gasteiger partial charge in [0.15, 0.2) is 0 Å². The Morgan fingerprint density at radius 2 is 1.90 bits per heavy atom. The Hall–Kier alpha value is -1.95. The summed E-state index contributed by atoms with van der Waals surface area (Å²) in [6, 6.07) is 1.98. The lowest BCUT2D eigenvalue weighted by Crippen LogP contribution is -2.62. The molecular formula is C29H50N6O5. The van der Waals surface area contributed by atoms with E-state index in [1.165, 1.54) is 34.9 Å². The minimum absolute atomic E-state index is 0.000184. The Morgan fingerprint density at radius 3 is 2.62 bits per heavy atom. The molecule has 5 aliphatic rings. The van der Waals surface area contributed by atoms with Gasteiger partial charge in [0.2, 0.25) is 0 Å². The third-order valence-electron chi connectivity index (χ3n) is 9.75. The number of fused-ring (bicyclic) bond motifs is 2. The summed E-state index contributed by atoms with van der Waals surface area (Å²) in [7, 11) is 0. The Bertz CT molecular complexity index is 1120. The molecule has 1 aromatic heterocycles. The van der Waals surface area contributed by atoms with Crippen LogP contribution in [0.15, 0.2) is 14.7 Å². The molecule has 4 heterocycles. The van der Waals surface area contributed by atoms with Crippen LogP contribution in [0.3, 0.4) is 0 Å². The lowest BCUT2D eigenvalue weighted by molar-refractivity contribution is -0.00617. The molecule has 5 fully saturated rings. The second kappa shape index (κ2) is 12.9. The van der Waals surface area contributed by atoms with Gasteiger partial charge >= 0.3 is 11.4 Å². The number of hydrogen-bond acceptors (Lipinski definition) is 8. The Labute approximate surface area is 237 Å². The molecule has 2 aliphatic carbocycles. The standard InChI is InChI=1S/C19H33N3O3.C10H17N3O2/c1-11-9-16-14(20-13(11)3)5-4-8-22(16)10-12(2)25-21-15-6-7-17(23)19-18(15)24-19;1-2-12-10(15)13(9(14)11-12)8-6-4-3-5-7-8/h11-14,16-20,23H,4-10H2,1-3H3;8H,2-7H2,1H3,(H,11,14)/b21-15-;. The summed E-state index contributed by atoms with van der Waals surface area (Å²) in [5.41, 5.74) is 0.531. The van der Waals surface area contributed by atoms with Crippen molar-refractivity contribution in [3.63, 3.8) is 0 Å². The van der Waals surface area contributed by atoms with E-state index in [0.29, 0.717) is 24.7 Å². The fraction of sp³-hybridized carbons (Fsp3) is 0.897. The number of aryl methyl sites for hydroxylation is 1. The van der Waals surface area contributed by atoms with Crippen LogP contribution in [0.5, 0.6) is 0 Å². The largest absolute Gasteiger partial charge is 0.391 e. The Kier molecular flexibility index (Phi) is 9.54. The SMILES string of the molecule is CC(CN1CCCC2NC(C)C(C)CC21)O/N=C1/CCC(O)C2OC12.CCn1[nH]c(=O)n(C2CCCCC2)c1=O. The van der Waals surface area contributed by atoms with Crippen LogP contribution < -0.4 is 16.7 Å². The van der Waals surface area contributed by atoms with Crippen LogP contribution in [0.4, 0.5) is 0 Å². The third-order valence-corrected chi connectivity index (χ3v) is 9.75. The molecule has 0 radical (unpaired) electrons. The second-order valence-corrected chi connectivity index (χ2v) is 12.7. The van der Waals surface area contributed by atoms with Crippen LogP contribution in [-0.4, -0.2) is 85.7 Å². The van der Waals surface area contributed by atoms with E-state index in [1.54, 1.807) is 0 Å². The summed E-state index contributed by atoms with van der Waals surface area (Å²) < 4.78 is 8.26. The maximum absolute atomic E-state index is 11.8. The van der Waals surface area contributed by atoms with Gasteiger partial charge in [-0.1, -0.05) is 31.3 Å². The van der Waals surface area contributed by atoms with Gasteiger partial charge in [-0.05, 0) is 78.2 Å². The monoisotopic (exact) mass is 562 g/mol. The fourth-order valence-electron chi connectivity index (χ4n) is 7.16. The number of aliphatic hydroxyl groups is 1. The first-order valence-corrected chi connectivity index (χ1v) is 15.7. The van der Waals surface area contributed by atoms with Crippen molar-refractivity contribution in [2.75, 3.05) is 13.1 Å². The topological polar surface area (TPSA) is 129 Å². The van der Waals surface area contributed by atoms with E-state index >= 15 is 0 Å². The van der Waals surface area contributed by atoms with Gasteiger partial charge in [0, 0.05) is 37.3 Å². The molecule has 0 bridgehead atoms. The van der Waals surface area contributed by atoms with E-state index in [0.717, 1.165) is 63.2 Å². The van der Waals surface area contributed by atoms with Gasteiger partial charge in [0.25, 0.3) is 0 Å². The average molecular weight is 563 g/mol. The van der Waals surface area contributed by atoms with E-state index in [-0.39, 0.29) is 41.8 Å². The number of piperidine rings is 2. The molecule has 40 heavy (non-hydrogen) atoms.